The monoisotopic (exact) mass is 220 g/mol. The summed E-state index contributed by atoms with van der Waals surface area (Å²) in [5, 5.41) is 3.22. The summed E-state index contributed by atoms with van der Waals surface area (Å²) in [5.74, 6) is 2.74. The van der Waals surface area contributed by atoms with E-state index in [0.717, 1.165) is 37.2 Å². The SMILES string of the molecule is CCNc1cc(N2CCCC(C)C2)ncn1. The van der Waals surface area contributed by atoms with Gasteiger partial charge in [0.05, 0.1) is 0 Å². The van der Waals surface area contributed by atoms with Gasteiger partial charge in [-0.15, -0.1) is 0 Å². The summed E-state index contributed by atoms with van der Waals surface area (Å²) in [5.41, 5.74) is 0. The van der Waals surface area contributed by atoms with Crippen LogP contribution in [0.15, 0.2) is 12.4 Å². The van der Waals surface area contributed by atoms with Crippen molar-refractivity contribution in [3.05, 3.63) is 12.4 Å². The van der Waals surface area contributed by atoms with Gasteiger partial charge in [-0.25, -0.2) is 9.97 Å². The molecule has 2 heterocycles. The second-order valence-electron chi connectivity index (χ2n) is 4.49. The number of hydrogen-bond acceptors (Lipinski definition) is 4. The van der Waals surface area contributed by atoms with Crippen molar-refractivity contribution >= 4 is 11.6 Å². The van der Waals surface area contributed by atoms with Crippen LogP contribution in [0.1, 0.15) is 26.7 Å². The fourth-order valence-electron chi connectivity index (χ4n) is 2.20. The van der Waals surface area contributed by atoms with Crippen LogP contribution in [0.4, 0.5) is 11.6 Å². The topological polar surface area (TPSA) is 41.0 Å². The molecule has 1 aliphatic heterocycles. The predicted octanol–water partition coefficient (Wildman–Crippen LogP) is 2.14. The fraction of sp³-hybridized carbons (Fsp3) is 0.667. The number of piperidine rings is 1. The number of anilines is 2. The van der Waals surface area contributed by atoms with Crippen LogP contribution < -0.4 is 10.2 Å². The Morgan fingerprint density at radius 1 is 1.50 bits per heavy atom. The van der Waals surface area contributed by atoms with E-state index in [4.69, 9.17) is 0 Å². The molecule has 16 heavy (non-hydrogen) atoms. The molecule has 1 saturated heterocycles. The van der Waals surface area contributed by atoms with Crippen molar-refractivity contribution in [2.75, 3.05) is 29.9 Å². The second-order valence-corrected chi connectivity index (χ2v) is 4.49. The van der Waals surface area contributed by atoms with Gasteiger partial charge in [0.2, 0.25) is 0 Å². The zero-order valence-electron chi connectivity index (χ0n) is 10.1. The number of hydrogen-bond donors (Lipinski definition) is 1. The summed E-state index contributed by atoms with van der Waals surface area (Å²) in [7, 11) is 0. The lowest BCUT2D eigenvalue weighted by Gasteiger charge is -2.31. The third-order valence-corrected chi connectivity index (χ3v) is 2.99. The van der Waals surface area contributed by atoms with Crippen LogP contribution in [0.25, 0.3) is 0 Å². The Hall–Kier alpha value is -1.32. The molecule has 1 N–H and O–H groups in total. The first kappa shape index (κ1) is 11.2. The third kappa shape index (κ3) is 2.62. The van der Waals surface area contributed by atoms with Crippen LogP contribution in [0, 0.1) is 5.92 Å². The molecular formula is C12H20N4. The van der Waals surface area contributed by atoms with E-state index in [1.54, 1.807) is 6.33 Å². The lowest BCUT2D eigenvalue weighted by Crippen LogP contribution is -2.34. The molecule has 2 rings (SSSR count). The van der Waals surface area contributed by atoms with Gasteiger partial charge in [-0.1, -0.05) is 6.92 Å². The van der Waals surface area contributed by atoms with Gasteiger partial charge in [0.15, 0.2) is 0 Å². The molecule has 0 radical (unpaired) electrons. The van der Waals surface area contributed by atoms with Crippen LogP contribution in [-0.4, -0.2) is 29.6 Å². The summed E-state index contributed by atoms with van der Waals surface area (Å²) >= 11 is 0. The van der Waals surface area contributed by atoms with E-state index in [9.17, 15) is 0 Å². The average molecular weight is 220 g/mol. The molecular weight excluding hydrogens is 200 g/mol. The van der Waals surface area contributed by atoms with Crippen molar-refractivity contribution in [2.24, 2.45) is 5.92 Å². The highest BCUT2D eigenvalue weighted by molar-refractivity contribution is 5.48. The minimum absolute atomic E-state index is 0.770. The first-order valence-electron chi connectivity index (χ1n) is 6.10. The van der Waals surface area contributed by atoms with Crippen molar-refractivity contribution in [2.45, 2.75) is 26.7 Å². The van der Waals surface area contributed by atoms with Crippen LogP contribution >= 0.6 is 0 Å². The van der Waals surface area contributed by atoms with Gasteiger partial charge in [-0.05, 0) is 25.7 Å². The smallest absolute Gasteiger partial charge is 0.134 e. The quantitative estimate of drug-likeness (QED) is 0.847. The lowest BCUT2D eigenvalue weighted by atomic mass is 10.0. The molecule has 1 atom stereocenters. The standard InChI is InChI=1S/C12H20N4/c1-3-13-11-7-12(15-9-14-11)16-6-4-5-10(2)8-16/h7,9-10H,3-6,8H2,1-2H3,(H,13,14,15). The molecule has 0 bridgehead atoms. The maximum Gasteiger partial charge on any atom is 0.134 e. The van der Waals surface area contributed by atoms with Crippen LogP contribution in [0.3, 0.4) is 0 Å². The molecule has 1 aromatic rings. The van der Waals surface area contributed by atoms with E-state index in [2.05, 4.69) is 34.0 Å². The highest BCUT2D eigenvalue weighted by Gasteiger charge is 2.17. The molecule has 4 heteroatoms. The van der Waals surface area contributed by atoms with Crippen molar-refractivity contribution in [1.82, 2.24) is 9.97 Å². The zero-order valence-corrected chi connectivity index (χ0v) is 10.1. The Labute approximate surface area is 97.1 Å². The van der Waals surface area contributed by atoms with E-state index in [1.807, 2.05) is 6.07 Å². The van der Waals surface area contributed by atoms with Crippen LogP contribution in [-0.2, 0) is 0 Å². The van der Waals surface area contributed by atoms with Gasteiger partial charge >= 0.3 is 0 Å². The van der Waals surface area contributed by atoms with Crippen molar-refractivity contribution in [3.8, 4) is 0 Å². The molecule has 4 nitrogen and oxygen atoms in total. The summed E-state index contributed by atoms with van der Waals surface area (Å²) in [6.07, 6.45) is 4.25. The summed E-state index contributed by atoms with van der Waals surface area (Å²) in [6, 6.07) is 2.04. The summed E-state index contributed by atoms with van der Waals surface area (Å²) in [6.45, 7) is 7.51. The van der Waals surface area contributed by atoms with Gasteiger partial charge in [0.25, 0.3) is 0 Å². The Kier molecular flexibility index (Phi) is 3.59. The number of nitrogens with one attached hydrogen (secondary N) is 1. The van der Waals surface area contributed by atoms with E-state index in [-0.39, 0.29) is 0 Å². The van der Waals surface area contributed by atoms with Crippen LogP contribution in [0.2, 0.25) is 0 Å². The average Bonchev–Trinajstić information content (AvgIpc) is 2.30. The summed E-state index contributed by atoms with van der Waals surface area (Å²) in [4.78, 5) is 10.9. The van der Waals surface area contributed by atoms with Crippen molar-refractivity contribution in [1.29, 1.82) is 0 Å². The highest BCUT2D eigenvalue weighted by Crippen LogP contribution is 2.22. The number of nitrogens with zero attached hydrogens (tertiary/aromatic N) is 3. The Morgan fingerprint density at radius 3 is 3.12 bits per heavy atom. The Balaban J connectivity index is 2.09. The maximum absolute atomic E-state index is 4.35. The van der Waals surface area contributed by atoms with Gasteiger partial charge in [-0.2, -0.15) is 0 Å². The molecule has 1 aliphatic rings. The molecule has 1 unspecified atom stereocenters. The van der Waals surface area contributed by atoms with Crippen molar-refractivity contribution in [3.63, 3.8) is 0 Å². The summed E-state index contributed by atoms with van der Waals surface area (Å²) < 4.78 is 0. The number of rotatable bonds is 3. The Morgan fingerprint density at radius 2 is 2.38 bits per heavy atom. The largest absolute Gasteiger partial charge is 0.370 e. The highest BCUT2D eigenvalue weighted by atomic mass is 15.2. The Bertz CT molecular complexity index is 340. The molecule has 0 spiro atoms. The fourth-order valence-corrected chi connectivity index (χ4v) is 2.20. The molecule has 1 fully saturated rings. The third-order valence-electron chi connectivity index (χ3n) is 2.99. The first-order chi connectivity index (χ1) is 7.79. The van der Waals surface area contributed by atoms with Crippen LogP contribution in [0.5, 0.6) is 0 Å². The molecule has 1 aromatic heterocycles. The first-order valence-corrected chi connectivity index (χ1v) is 6.10. The predicted molar refractivity (Wildman–Crippen MR) is 66.8 cm³/mol. The normalized spacial score (nSPS) is 20.9. The molecule has 0 aromatic carbocycles. The maximum atomic E-state index is 4.35. The molecule has 88 valence electrons. The van der Waals surface area contributed by atoms with E-state index < -0.39 is 0 Å². The lowest BCUT2D eigenvalue weighted by molar-refractivity contribution is 0.444. The van der Waals surface area contributed by atoms with Gasteiger partial charge < -0.3 is 10.2 Å². The zero-order chi connectivity index (χ0) is 11.4. The minimum atomic E-state index is 0.770. The number of aromatic nitrogens is 2. The van der Waals surface area contributed by atoms with E-state index in [1.165, 1.54) is 12.8 Å². The van der Waals surface area contributed by atoms with Gasteiger partial charge in [0, 0.05) is 25.7 Å². The van der Waals surface area contributed by atoms with E-state index in [0.29, 0.717) is 0 Å². The van der Waals surface area contributed by atoms with Gasteiger partial charge in [0.1, 0.15) is 18.0 Å². The molecule has 0 saturated carbocycles. The van der Waals surface area contributed by atoms with Gasteiger partial charge in [-0.3, -0.25) is 0 Å². The second kappa shape index (κ2) is 5.14. The van der Waals surface area contributed by atoms with Crippen molar-refractivity contribution < 1.29 is 0 Å². The van der Waals surface area contributed by atoms with E-state index >= 15 is 0 Å². The molecule has 0 amide bonds. The molecule has 0 aliphatic carbocycles. The minimum Gasteiger partial charge on any atom is -0.370 e.